The molecule has 0 saturated heterocycles. The van der Waals surface area contributed by atoms with Gasteiger partial charge < -0.3 is 4.90 Å². The number of rotatable bonds is 8. The van der Waals surface area contributed by atoms with Crippen LogP contribution in [0.15, 0.2) is 53.4 Å². The fraction of sp³-hybridized carbons (Fsp3) is 0.263. The lowest BCUT2D eigenvalue weighted by atomic mass is 10.3. The molecule has 3 aromatic rings. The number of aromatic nitrogens is 1. The van der Waals surface area contributed by atoms with Crippen LogP contribution in [0.5, 0.6) is 0 Å². The Morgan fingerprint density at radius 3 is 2.42 bits per heavy atom. The number of anilines is 1. The monoisotopic (exact) mass is 484 g/mol. The van der Waals surface area contributed by atoms with E-state index in [2.05, 4.69) is 4.98 Å². The molecule has 31 heavy (non-hydrogen) atoms. The zero-order valence-electron chi connectivity index (χ0n) is 16.8. The maximum absolute atomic E-state index is 13.0. The van der Waals surface area contributed by atoms with Gasteiger partial charge in [0.2, 0.25) is 5.91 Å². The summed E-state index contributed by atoms with van der Waals surface area (Å²) >= 11 is 1.11. The number of sulfone groups is 1. The van der Waals surface area contributed by atoms with E-state index in [1.54, 1.807) is 18.2 Å². The number of carbonyl (C=O) groups excluding carboxylic acids is 1. The number of halogens is 1. The first-order valence-corrected chi connectivity index (χ1v) is 11.4. The summed E-state index contributed by atoms with van der Waals surface area (Å²) in [5, 5.41) is 11.3. The summed E-state index contributed by atoms with van der Waals surface area (Å²) in [6.07, 6.45) is 0. The van der Waals surface area contributed by atoms with Crippen molar-refractivity contribution < 1.29 is 18.1 Å². The molecule has 1 aromatic heterocycles. The van der Waals surface area contributed by atoms with E-state index in [9.17, 15) is 23.3 Å². The van der Waals surface area contributed by atoms with Crippen molar-refractivity contribution in [2.45, 2.75) is 4.90 Å². The van der Waals surface area contributed by atoms with Crippen LogP contribution in [0, 0.1) is 10.1 Å². The Morgan fingerprint density at radius 1 is 1.13 bits per heavy atom. The van der Waals surface area contributed by atoms with Gasteiger partial charge in [0, 0.05) is 25.2 Å². The molecule has 0 bridgehead atoms. The van der Waals surface area contributed by atoms with Crippen molar-refractivity contribution in [2.24, 2.45) is 0 Å². The quantitative estimate of drug-likeness (QED) is 0.356. The SMILES string of the molecule is CN(C)CCN(C(=O)CS(=O)(=O)c1ccccc1)c1nc2ccc([N+](=O)[O-])cc2s1.Cl. The van der Waals surface area contributed by atoms with Crippen LogP contribution in [0.4, 0.5) is 10.8 Å². The van der Waals surface area contributed by atoms with Gasteiger partial charge in [-0.2, -0.15) is 0 Å². The lowest BCUT2D eigenvalue weighted by Gasteiger charge is -2.22. The average molecular weight is 485 g/mol. The topological polar surface area (TPSA) is 114 Å². The summed E-state index contributed by atoms with van der Waals surface area (Å²) in [6, 6.07) is 12.0. The second-order valence-electron chi connectivity index (χ2n) is 6.83. The Bertz CT molecular complexity index is 1180. The molecule has 0 spiro atoms. The molecule has 0 aliphatic carbocycles. The molecule has 0 saturated carbocycles. The van der Waals surface area contributed by atoms with E-state index in [0.29, 0.717) is 21.9 Å². The van der Waals surface area contributed by atoms with Crippen molar-refractivity contribution in [3.8, 4) is 0 Å². The van der Waals surface area contributed by atoms with Crippen LogP contribution in [0.2, 0.25) is 0 Å². The van der Waals surface area contributed by atoms with E-state index < -0.39 is 26.4 Å². The molecule has 0 unspecified atom stereocenters. The third kappa shape index (κ3) is 5.97. The van der Waals surface area contributed by atoms with Crippen molar-refractivity contribution >= 4 is 60.5 Å². The normalized spacial score (nSPS) is 11.3. The molecule has 166 valence electrons. The average Bonchev–Trinajstić information content (AvgIpc) is 3.11. The number of hydrogen-bond acceptors (Lipinski definition) is 8. The van der Waals surface area contributed by atoms with Crippen LogP contribution in [0.3, 0.4) is 0 Å². The summed E-state index contributed by atoms with van der Waals surface area (Å²) in [4.78, 5) is 31.2. The number of hydrogen-bond donors (Lipinski definition) is 0. The van der Waals surface area contributed by atoms with Crippen molar-refractivity contribution in [1.29, 1.82) is 0 Å². The Kier molecular flexibility index (Phi) is 8.07. The summed E-state index contributed by atoms with van der Waals surface area (Å²) < 4.78 is 25.9. The van der Waals surface area contributed by atoms with Gasteiger partial charge in [-0.15, -0.1) is 12.4 Å². The van der Waals surface area contributed by atoms with Gasteiger partial charge in [0.1, 0.15) is 5.75 Å². The highest BCUT2D eigenvalue weighted by molar-refractivity contribution is 7.92. The molecule has 0 aliphatic rings. The molecule has 9 nitrogen and oxygen atoms in total. The first-order chi connectivity index (χ1) is 14.2. The fourth-order valence-corrected chi connectivity index (χ4v) is 4.97. The minimum Gasteiger partial charge on any atom is -0.308 e. The molecule has 3 rings (SSSR count). The maximum atomic E-state index is 13.0. The smallest absolute Gasteiger partial charge is 0.270 e. The van der Waals surface area contributed by atoms with Crippen LogP contribution in [-0.2, 0) is 14.6 Å². The Labute approximate surface area is 189 Å². The number of nitro benzene ring substituents is 1. The molecule has 0 atom stereocenters. The van der Waals surface area contributed by atoms with Crippen LogP contribution in [0.25, 0.3) is 10.2 Å². The Hall–Kier alpha value is -2.60. The number of fused-ring (bicyclic) bond motifs is 1. The molecule has 0 N–H and O–H groups in total. The zero-order valence-corrected chi connectivity index (χ0v) is 19.2. The molecule has 2 aromatic carbocycles. The van der Waals surface area contributed by atoms with Crippen molar-refractivity contribution in [2.75, 3.05) is 37.8 Å². The van der Waals surface area contributed by atoms with E-state index in [1.165, 1.54) is 35.2 Å². The fourth-order valence-electron chi connectivity index (χ4n) is 2.71. The molecule has 1 amide bonds. The van der Waals surface area contributed by atoms with Gasteiger partial charge in [-0.05, 0) is 32.3 Å². The molecular weight excluding hydrogens is 464 g/mol. The largest absolute Gasteiger partial charge is 0.308 e. The lowest BCUT2D eigenvalue weighted by molar-refractivity contribution is -0.384. The number of likely N-dealkylation sites (N-methyl/N-ethyl adjacent to an activating group) is 1. The van der Waals surface area contributed by atoms with Crippen molar-refractivity contribution in [3.63, 3.8) is 0 Å². The first-order valence-electron chi connectivity index (χ1n) is 8.95. The van der Waals surface area contributed by atoms with Gasteiger partial charge in [0.05, 0.1) is 20.0 Å². The van der Waals surface area contributed by atoms with E-state index in [1.807, 2.05) is 19.0 Å². The maximum Gasteiger partial charge on any atom is 0.270 e. The zero-order chi connectivity index (χ0) is 21.9. The summed E-state index contributed by atoms with van der Waals surface area (Å²) in [5.41, 5.74) is 0.435. The van der Waals surface area contributed by atoms with Crippen molar-refractivity contribution in [3.05, 3.63) is 58.6 Å². The second kappa shape index (κ2) is 10.1. The standard InChI is InChI=1S/C19H20N4O5S2.ClH/c1-21(2)10-11-22(18(24)13-30(27,28)15-6-4-3-5-7-15)19-20-16-9-8-14(23(25)26)12-17(16)29-19;/h3-9,12H,10-11,13H2,1-2H3;1H. The van der Waals surface area contributed by atoms with Gasteiger partial charge in [0.15, 0.2) is 15.0 Å². The molecule has 0 aliphatic heterocycles. The highest BCUT2D eigenvalue weighted by Crippen LogP contribution is 2.31. The van der Waals surface area contributed by atoms with E-state index in [-0.39, 0.29) is 29.5 Å². The highest BCUT2D eigenvalue weighted by atomic mass is 35.5. The number of benzene rings is 2. The molecule has 1 heterocycles. The Morgan fingerprint density at radius 2 is 1.81 bits per heavy atom. The number of amides is 1. The summed E-state index contributed by atoms with van der Waals surface area (Å²) in [5.74, 6) is -1.30. The van der Waals surface area contributed by atoms with Crippen LogP contribution in [-0.4, -0.2) is 62.1 Å². The minimum atomic E-state index is -3.82. The van der Waals surface area contributed by atoms with Crippen LogP contribution in [0.1, 0.15) is 0 Å². The van der Waals surface area contributed by atoms with Gasteiger partial charge in [0.25, 0.3) is 5.69 Å². The van der Waals surface area contributed by atoms with E-state index >= 15 is 0 Å². The predicted molar refractivity (Wildman–Crippen MR) is 123 cm³/mol. The first kappa shape index (κ1) is 24.7. The minimum absolute atomic E-state index is 0. The van der Waals surface area contributed by atoms with Gasteiger partial charge >= 0.3 is 0 Å². The molecule has 12 heteroatoms. The van der Waals surface area contributed by atoms with Gasteiger partial charge in [-0.3, -0.25) is 19.8 Å². The number of non-ortho nitro benzene ring substituents is 1. The highest BCUT2D eigenvalue weighted by Gasteiger charge is 2.26. The number of thiazole rings is 1. The third-order valence-electron chi connectivity index (χ3n) is 4.29. The second-order valence-corrected chi connectivity index (χ2v) is 9.83. The van der Waals surface area contributed by atoms with Crippen LogP contribution < -0.4 is 4.90 Å². The number of nitrogens with zero attached hydrogens (tertiary/aromatic N) is 4. The van der Waals surface area contributed by atoms with Crippen LogP contribution >= 0.6 is 23.7 Å². The predicted octanol–water partition coefficient (Wildman–Crippen LogP) is 2.99. The molecule has 0 radical (unpaired) electrons. The number of carbonyl (C=O) groups is 1. The number of nitro groups is 1. The molecule has 0 fully saturated rings. The molecular formula is C19H21ClN4O5S2. The van der Waals surface area contributed by atoms with Crippen molar-refractivity contribution in [1.82, 2.24) is 9.88 Å². The third-order valence-corrected chi connectivity index (χ3v) is 6.95. The summed E-state index contributed by atoms with van der Waals surface area (Å²) in [7, 11) is -0.140. The van der Waals surface area contributed by atoms with Gasteiger partial charge in [-0.1, -0.05) is 29.5 Å². The van der Waals surface area contributed by atoms with E-state index in [4.69, 9.17) is 0 Å². The Balaban J connectivity index is 0.00000341. The summed E-state index contributed by atoms with van der Waals surface area (Å²) in [6.45, 7) is 0.727. The lowest BCUT2D eigenvalue weighted by Crippen LogP contribution is -2.40. The van der Waals surface area contributed by atoms with E-state index in [0.717, 1.165) is 11.3 Å². The van der Waals surface area contributed by atoms with Gasteiger partial charge in [-0.25, -0.2) is 13.4 Å².